The molecule has 2 amide bonds. The zero-order valence-corrected chi connectivity index (χ0v) is 14.7. The maximum absolute atomic E-state index is 13.9. The highest BCUT2D eigenvalue weighted by Crippen LogP contribution is 2.17. The Hall–Kier alpha value is -2.44. The second kappa shape index (κ2) is 8.09. The van der Waals surface area contributed by atoms with Gasteiger partial charge in [0, 0.05) is 11.3 Å². The van der Waals surface area contributed by atoms with Crippen LogP contribution in [0.4, 0.5) is 10.1 Å². The van der Waals surface area contributed by atoms with Gasteiger partial charge in [-0.05, 0) is 43.3 Å². The molecule has 0 spiro atoms. The third-order valence-electron chi connectivity index (χ3n) is 4.09. The first-order valence-electron chi connectivity index (χ1n) is 7.75. The van der Waals surface area contributed by atoms with Gasteiger partial charge in [0.15, 0.2) is 6.04 Å². The van der Waals surface area contributed by atoms with Crippen molar-refractivity contribution >= 4 is 29.1 Å². The number of carbonyl (C=O) groups is 2. The fourth-order valence-electron chi connectivity index (χ4n) is 2.33. The average molecular weight is 365 g/mol. The molecular formula is C18H20ClFN3O2+. The first-order valence-corrected chi connectivity index (χ1v) is 8.13. The van der Waals surface area contributed by atoms with Crippen LogP contribution in [0.25, 0.3) is 0 Å². The second-order valence-corrected chi connectivity index (χ2v) is 6.28. The number of likely N-dealkylation sites (N-methyl/N-ethyl adjacent to an activating group) is 1. The van der Waals surface area contributed by atoms with Crippen molar-refractivity contribution in [3.05, 3.63) is 64.4 Å². The van der Waals surface area contributed by atoms with Gasteiger partial charge >= 0.3 is 0 Å². The maximum atomic E-state index is 13.9. The predicted molar refractivity (Wildman–Crippen MR) is 95.1 cm³/mol. The molecule has 25 heavy (non-hydrogen) atoms. The van der Waals surface area contributed by atoms with Gasteiger partial charge in [0.2, 0.25) is 5.91 Å². The highest BCUT2D eigenvalue weighted by molar-refractivity contribution is 6.31. The fourth-order valence-corrected chi connectivity index (χ4v) is 2.56. The van der Waals surface area contributed by atoms with Crippen LogP contribution < -0.4 is 16.0 Å². The number of benzene rings is 2. The number of nitrogens with two attached hydrogens (primary N) is 1. The van der Waals surface area contributed by atoms with Crippen molar-refractivity contribution in [2.45, 2.75) is 19.5 Å². The minimum Gasteiger partial charge on any atom is -0.366 e. The summed E-state index contributed by atoms with van der Waals surface area (Å²) >= 11 is 6.04. The molecule has 7 heteroatoms. The lowest BCUT2D eigenvalue weighted by molar-refractivity contribution is -0.908. The van der Waals surface area contributed by atoms with Crippen LogP contribution in [0.3, 0.4) is 0 Å². The molecule has 1 unspecified atom stereocenters. The molecule has 0 fully saturated rings. The van der Waals surface area contributed by atoms with E-state index in [-0.39, 0.29) is 18.3 Å². The normalized spacial score (nSPS) is 13.1. The third-order valence-corrected chi connectivity index (χ3v) is 4.44. The summed E-state index contributed by atoms with van der Waals surface area (Å²) in [5.41, 5.74) is 6.48. The van der Waals surface area contributed by atoms with Gasteiger partial charge < -0.3 is 16.0 Å². The molecule has 0 bridgehead atoms. The van der Waals surface area contributed by atoms with Gasteiger partial charge in [-0.3, -0.25) is 9.59 Å². The van der Waals surface area contributed by atoms with Crippen LogP contribution in [-0.4, -0.2) is 24.9 Å². The number of primary amides is 1. The van der Waals surface area contributed by atoms with E-state index in [0.717, 1.165) is 4.90 Å². The van der Waals surface area contributed by atoms with Crippen LogP contribution in [0, 0.1) is 5.82 Å². The third kappa shape index (κ3) is 4.78. The molecule has 5 nitrogen and oxygen atoms in total. The highest BCUT2D eigenvalue weighted by Gasteiger charge is 2.24. The lowest BCUT2D eigenvalue weighted by atomic mass is 10.1. The molecule has 2 atom stereocenters. The van der Waals surface area contributed by atoms with E-state index >= 15 is 0 Å². The van der Waals surface area contributed by atoms with Crippen molar-refractivity contribution in [2.75, 3.05) is 12.4 Å². The van der Waals surface area contributed by atoms with Crippen LogP contribution in [0.2, 0.25) is 5.02 Å². The Morgan fingerprint density at radius 1 is 1.24 bits per heavy atom. The second-order valence-electron chi connectivity index (χ2n) is 5.88. The predicted octanol–water partition coefficient (Wildman–Crippen LogP) is 1.62. The highest BCUT2D eigenvalue weighted by atomic mass is 35.5. The van der Waals surface area contributed by atoms with Gasteiger partial charge in [0.25, 0.3) is 5.91 Å². The minimum absolute atomic E-state index is 0.225. The molecule has 0 radical (unpaired) electrons. The molecule has 0 aliphatic carbocycles. The summed E-state index contributed by atoms with van der Waals surface area (Å²) in [6.45, 7) is 2.03. The average Bonchev–Trinajstić information content (AvgIpc) is 2.57. The molecule has 0 aromatic heterocycles. The van der Waals surface area contributed by atoms with Gasteiger partial charge in [-0.1, -0.05) is 17.7 Å². The zero-order chi connectivity index (χ0) is 18.6. The number of quaternary nitrogens is 1. The number of hydrogen-bond acceptors (Lipinski definition) is 2. The number of anilines is 1. The Morgan fingerprint density at radius 3 is 2.44 bits per heavy atom. The van der Waals surface area contributed by atoms with Gasteiger partial charge in [-0.2, -0.15) is 0 Å². The Balaban J connectivity index is 2.02. The van der Waals surface area contributed by atoms with Crippen LogP contribution >= 0.6 is 11.6 Å². The summed E-state index contributed by atoms with van der Waals surface area (Å²) in [6.07, 6.45) is 0. The van der Waals surface area contributed by atoms with Crippen molar-refractivity contribution < 1.29 is 18.9 Å². The van der Waals surface area contributed by atoms with E-state index < -0.39 is 11.9 Å². The van der Waals surface area contributed by atoms with Gasteiger partial charge in [0.1, 0.15) is 12.4 Å². The van der Waals surface area contributed by atoms with E-state index in [0.29, 0.717) is 21.8 Å². The first-order chi connectivity index (χ1) is 11.8. The monoisotopic (exact) mass is 364 g/mol. The molecular weight excluding hydrogens is 345 g/mol. The number of rotatable bonds is 6. The molecule has 2 rings (SSSR count). The maximum Gasteiger partial charge on any atom is 0.282 e. The van der Waals surface area contributed by atoms with Crippen molar-refractivity contribution in [3.8, 4) is 0 Å². The Morgan fingerprint density at radius 2 is 1.88 bits per heavy atom. The van der Waals surface area contributed by atoms with E-state index in [1.807, 2.05) is 0 Å². The minimum atomic E-state index is -0.530. The van der Waals surface area contributed by atoms with E-state index in [4.69, 9.17) is 17.3 Å². The quantitative estimate of drug-likeness (QED) is 0.728. The molecule has 4 N–H and O–H groups in total. The molecule has 0 saturated carbocycles. The fraction of sp³-hybridized carbons (Fsp3) is 0.222. The van der Waals surface area contributed by atoms with Gasteiger partial charge in [-0.15, -0.1) is 0 Å². The Bertz CT molecular complexity index is 760. The lowest BCUT2D eigenvalue weighted by Crippen LogP contribution is -3.12. The molecule has 0 saturated heterocycles. The van der Waals surface area contributed by atoms with Crippen LogP contribution in [-0.2, 0) is 11.3 Å². The SMILES string of the molecule is C[C@H](C(=O)Nc1ccc(C(N)=O)cc1)[NH+](C)Cc1c(F)cccc1Cl. The topological polar surface area (TPSA) is 76.6 Å². The van der Waals surface area contributed by atoms with E-state index in [9.17, 15) is 14.0 Å². The Kier molecular flexibility index (Phi) is 6.12. The summed E-state index contributed by atoms with van der Waals surface area (Å²) in [4.78, 5) is 24.2. The smallest absolute Gasteiger partial charge is 0.282 e. The first kappa shape index (κ1) is 18.9. The summed E-state index contributed by atoms with van der Waals surface area (Å²) in [7, 11) is 1.79. The number of amides is 2. The van der Waals surface area contributed by atoms with E-state index in [1.165, 1.54) is 18.2 Å². The lowest BCUT2D eigenvalue weighted by Gasteiger charge is -2.22. The van der Waals surface area contributed by atoms with Crippen LogP contribution in [0.15, 0.2) is 42.5 Å². The van der Waals surface area contributed by atoms with Crippen molar-refractivity contribution in [3.63, 3.8) is 0 Å². The summed E-state index contributed by atoms with van der Waals surface area (Å²) in [5.74, 6) is -1.14. The molecule has 0 heterocycles. The Labute approximate surface area is 150 Å². The van der Waals surface area contributed by atoms with Gasteiger partial charge in [-0.25, -0.2) is 4.39 Å². The summed E-state index contributed by atoms with van der Waals surface area (Å²) in [6, 6.07) is 10.4. The van der Waals surface area contributed by atoms with Crippen molar-refractivity contribution in [1.29, 1.82) is 0 Å². The van der Waals surface area contributed by atoms with E-state index in [1.54, 1.807) is 38.2 Å². The van der Waals surface area contributed by atoms with Crippen molar-refractivity contribution in [2.24, 2.45) is 5.73 Å². The van der Waals surface area contributed by atoms with E-state index in [2.05, 4.69) is 5.32 Å². The number of nitrogens with one attached hydrogen (secondary N) is 2. The van der Waals surface area contributed by atoms with Crippen molar-refractivity contribution in [1.82, 2.24) is 0 Å². The number of hydrogen-bond donors (Lipinski definition) is 3. The molecule has 0 aliphatic rings. The molecule has 0 aliphatic heterocycles. The number of carbonyl (C=O) groups excluding carboxylic acids is 2. The molecule has 2 aromatic carbocycles. The van der Waals surface area contributed by atoms with Crippen LogP contribution in [0.1, 0.15) is 22.8 Å². The summed E-state index contributed by atoms with van der Waals surface area (Å²) < 4.78 is 13.9. The van der Waals surface area contributed by atoms with Gasteiger partial charge in [0.05, 0.1) is 17.6 Å². The van der Waals surface area contributed by atoms with Crippen LogP contribution in [0.5, 0.6) is 0 Å². The molecule has 2 aromatic rings. The standard InChI is InChI=1S/C18H19ClFN3O2/c1-11(23(2)10-14-15(19)4-3-5-16(14)20)18(25)22-13-8-6-12(7-9-13)17(21)24/h3-9,11H,10H2,1-2H3,(H2,21,24)(H,22,25)/p+1/t11-/m1/s1. The summed E-state index contributed by atoms with van der Waals surface area (Å²) in [5, 5.41) is 3.11. The molecule has 132 valence electrons. The number of halogens is 2. The zero-order valence-electron chi connectivity index (χ0n) is 14.0. The largest absolute Gasteiger partial charge is 0.366 e.